The second kappa shape index (κ2) is 7.64. The lowest BCUT2D eigenvalue weighted by molar-refractivity contribution is 0.0934. The molecule has 1 saturated heterocycles. The van der Waals surface area contributed by atoms with Gasteiger partial charge in [-0.15, -0.1) is 0 Å². The Kier molecular flexibility index (Phi) is 5.86. The van der Waals surface area contributed by atoms with E-state index in [2.05, 4.69) is 28.9 Å². The molecule has 1 aliphatic rings. The van der Waals surface area contributed by atoms with Gasteiger partial charge in [-0.1, -0.05) is 13.8 Å². The summed E-state index contributed by atoms with van der Waals surface area (Å²) in [7, 11) is 1.71. The lowest BCUT2D eigenvalue weighted by Crippen LogP contribution is -2.28. The summed E-state index contributed by atoms with van der Waals surface area (Å²) in [5.41, 5.74) is 1.16. The summed E-state index contributed by atoms with van der Waals surface area (Å²) >= 11 is 0. The van der Waals surface area contributed by atoms with Crippen molar-refractivity contribution in [3.8, 4) is 5.75 Å². The van der Waals surface area contributed by atoms with Gasteiger partial charge < -0.3 is 14.8 Å². The maximum Gasteiger partial charge on any atom is 0.161 e. The van der Waals surface area contributed by atoms with E-state index in [0.29, 0.717) is 6.10 Å². The third-order valence-corrected chi connectivity index (χ3v) is 3.80. The van der Waals surface area contributed by atoms with E-state index >= 15 is 0 Å². The van der Waals surface area contributed by atoms with Gasteiger partial charge >= 0.3 is 0 Å². The van der Waals surface area contributed by atoms with Crippen LogP contribution in [-0.2, 0) is 11.3 Å². The molecule has 0 saturated carbocycles. The molecule has 1 N–H and O–H groups in total. The van der Waals surface area contributed by atoms with E-state index in [0.717, 1.165) is 50.4 Å². The minimum absolute atomic E-state index is 0.243. The predicted molar refractivity (Wildman–Crippen MR) is 79.1 cm³/mol. The van der Waals surface area contributed by atoms with Crippen LogP contribution < -0.4 is 10.1 Å². The Morgan fingerprint density at radius 2 is 2.40 bits per heavy atom. The fourth-order valence-electron chi connectivity index (χ4n) is 2.91. The number of nitrogens with one attached hydrogen (secondary N) is 1. The van der Waals surface area contributed by atoms with Gasteiger partial charge in [-0.25, -0.2) is 0 Å². The quantitative estimate of drug-likeness (QED) is 0.795. The van der Waals surface area contributed by atoms with Gasteiger partial charge in [0, 0.05) is 13.2 Å². The average Bonchev–Trinajstić information content (AvgIpc) is 3.08. The van der Waals surface area contributed by atoms with Crippen LogP contribution in [0.2, 0.25) is 0 Å². The molecule has 0 aliphatic carbocycles. The Labute approximate surface area is 121 Å². The zero-order chi connectivity index (χ0) is 14.4. The maximum atomic E-state index is 5.79. The van der Waals surface area contributed by atoms with Crippen molar-refractivity contribution in [3.63, 3.8) is 0 Å². The van der Waals surface area contributed by atoms with E-state index in [4.69, 9.17) is 9.47 Å². The second-order valence-corrected chi connectivity index (χ2v) is 5.30. The molecule has 20 heavy (non-hydrogen) atoms. The molecule has 114 valence electrons. The zero-order valence-corrected chi connectivity index (χ0v) is 12.9. The molecule has 5 heteroatoms. The first-order chi connectivity index (χ1) is 9.80. The fourth-order valence-corrected chi connectivity index (χ4v) is 2.91. The van der Waals surface area contributed by atoms with E-state index in [1.165, 1.54) is 6.42 Å². The molecule has 5 nitrogen and oxygen atoms in total. The number of aryl methyl sites for hydroxylation is 1. The third kappa shape index (κ3) is 3.52. The number of rotatable bonds is 8. The van der Waals surface area contributed by atoms with Gasteiger partial charge in [-0.2, -0.15) is 5.10 Å². The topological polar surface area (TPSA) is 48.3 Å². The molecule has 0 spiro atoms. The molecule has 1 aromatic heterocycles. The second-order valence-electron chi connectivity index (χ2n) is 5.30. The average molecular weight is 281 g/mol. The van der Waals surface area contributed by atoms with Crippen LogP contribution in [0.25, 0.3) is 0 Å². The Morgan fingerprint density at radius 1 is 1.55 bits per heavy atom. The lowest BCUT2D eigenvalue weighted by atomic mass is 10.0. The highest BCUT2D eigenvalue weighted by molar-refractivity contribution is 5.28. The van der Waals surface area contributed by atoms with Crippen molar-refractivity contribution in [1.29, 1.82) is 0 Å². The fraction of sp³-hybridized carbons (Fsp3) is 0.800. The highest BCUT2D eigenvalue weighted by Crippen LogP contribution is 2.31. The predicted octanol–water partition coefficient (Wildman–Crippen LogP) is 2.52. The zero-order valence-electron chi connectivity index (χ0n) is 12.9. The van der Waals surface area contributed by atoms with Crippen LogP contribution in [0.15, 0.2) is 6.20 Å². The van der Waals surface area contributed by atoms with Gasteiger partial charge in [0.1, 0.15) is 0 Å². The van der Waals surface area contributed by atoms with Crippen molar-refractivity contribution in [1.82, 2.24) is 15.1 Å². The van der Waals surface area contributed by atoms with Gasteiger partial charge in [-0.3, -0.25) is 4.68 Å². The molecular formula is C15H27N3O2. The van der Waals surface area contributed by atoms with Crippen LogP contribution in [-0.4, -0.2) is 36.1 Å². The number of methoxy groups -OCH3 is 1. The largest absolute Gasteiger partial charge is 0.493 e. The Morgan fingerprint density at radius 3 is 3.00 bits per heavy atom. The number of nitrogens with zero attached hydrogens (tertiary/aromatic N) is 2. The summed E-state index contributed by atoms with van der Waals surface area (Å²) in [5, 5.41) is 8.03. The molecule has 2 unspecified atom stereocenters. The standard InChI is InChI=1S/C15H27N3O2/c1-4-8-18-15(14(19-3)11-17-18)13(16-5-2)10-12-7-6-9-20-12/h11-13,16H,4-10H2,1-3H3. The van der Waals surface area contributed by atoms with Crippen LogP contribution in [0, 0.1) is 0 Å². The van der Waals surface area contributed by atoms with Gasteiger partial charge in [0.15, 0.2) is 5.75 Å². The summed E-state index contributed by atoms with van der Waals surface area (Å²) in [6.07, 6.45) is 6.57. The van der Waals surface area contributed by atoms with E-state index in [1.54, 1.807) is 7.11 Å². The van der Waals surface area contributed by atoms with Gasteiger partial charge in [-0.05, 0) is 32.2 Å². The minimum atomic E-state index is 0.243. The van der Waals surface area contributed by atoms with Crippen molar-refractivity contribution < 1.29 is 9.47 Å². The molecule has 2 atom stereocenters. The van der Waals surface area contributed by atoms with E-state index in [9.17, 15) is 0 Å². The van der Waals surface area contributed by atoms with Crippen molar-refractivity contribution >= 4 is 0 Å². The molecule has 0 radical (unpaired) electrons. The molecule has 1 fully saturated rings. The highest BCUT2D eigenvalue weighted by Gasteiger charge is 2.26. The molecule has 1 aromatic rings. The summed E-state index contributed by atoms with van der Waals surface area (Å²) in [6.45, 7) is 7.05. The van der Waals surface area contributed by atoms with Gasteiger partial charge in [0.2, 0.25) is 0 Å². The number of ether oxygens (including phenoxy) is 2. The van der Waals surface area contributed by atoms with Crippen molar-refractivity contribution in [2.24, 2.45) is 0 Å². The number of aromatic nitrogens is 2. The number of hydrogen-bond donors (Lipinski definition) is 1. The first-order valence-electron chi connectivity index (χ1n) is 7.74. The van der Waals surface area contributed by atoms with Crippen molar-refractivity contribution in [3.05, 3.63) is 11.9 Å². The third-order valence-electron chi connectivity index (χ3n) is 3.80. The van der Waals surface area contributed by atoms with Crippen molar-refractivity contribution in [2.45, 2.75) is 58.2 Å². The minimum Gasteiger partial charge on any atom is -0.493 e. The summed E-state index contributed by atoms with van der Waals surface area (Å²) in [5.74, 6) is 0.877. The Bertz CT molecular complexity index is 400. The first-order valence-corrected chi connectivity index (χ1v) is 7.74. The monoisotopic (exact) mass is 281 g/mol. The molecule has 0 aromatic carbocycles. The van der Waals surface area contributed by atoms with E-state index < -0.39 is 0 Å². The highest BCUT2D eigenvalue weighted by atomic mass is 16.5. The molecule has 0 amide bonds. The smallest absolute Gasteiger partial charge is 0.161 e. The Balaban J connectivity index is 2.19. The van der Waals surface area contributed by atoms with Crippen molar-refractivity contribution in [2.75, 3.05) is 20.3 Å². The summed E-state index contributed by atoms with van der Waals surface area (Å²) < 4.78 is 13.4. The molecule has 1 aliphatic heterocycles. The first kappa shape index (κ1) is 15.3. The maximum absolute atomic E-state index is 5.79. The van der Waals surface area contributed by atoms with Crippen LogP contribution >= 0.6 is 0 Å². The Hall–Kier alpha value is -1.07. The summed E-state index contributed by atoms with van der Waals surface area (Å²) in [6, 6.07) is 0.243. The molecule has 2 rings (SSSR count). The van der Waals surface area contributed by atoms with Crippen LogP contribution in [0.1, 0.15) is 51.3 Å². The van der Waals surface area contributed by atoms with Gasteiger partial charge in [0.25, 0.3) is 0 Å². The molecule has 0 bridgehead atoms. The molecular weight excluding hydrogens is 254 g/mol. The lowest BCUT2D eigenvalue weighted by Gasteiger charge is -2.23. The van der Waals surface area contributed by atoms with Crippen LogP contribution in [0.5, 0.6) is 5.75 Å². The SMILES string of the molecule is CCCn1ncc(OC)c1C(CC1CCCO1)NCC. The summed E-state index contributed by atoms with van der Waals surface area (Å²) in [4.78, 5) is 0. The van der Waals surface area contributed by atoms with Crippen LogP contribution in [0.4, 0.5) is 0 Å². The molecule has 2 heterocycles. The van der Waals surface area contributed by atoms with E-state index in [-0.39, 0.29) is 6.04 Å². The normalized spacial score (nSPS) is 20.2. The van der Waals surface area contributed by atoms with Crippen LogP contribution in [0.3, 0.4) is 0 Å². The van der Waals surface area contributed by atoms with Gasteiger partial charge in [0.05, 0.1) is 31.1 Å². The van der Waals surface area contributed by atoms with E-state index in [1.807, 2.05) is 6.20 Å². The number of hydrogen-bond acceptors (Lipinski definition) is 4.